The number of carbonyl (C=O) groups is 6. The summed E-state index contributed by atoms with van der Waals surface area (Å²) >= 11 is 6.94. The molecule has 14 nitrogen and oxygen atoms in total. The molecule has 4 rings (SSSR count). The van der Waals surface area contributed by atoms with Crippen LogP contribution in [0.25, 0.3) is 0 Å². The zero-order valence-electron chi connectivity index (χ0n) is 23.8. The van der Waals surface area contributed by atoms with Gasteiger partial charge in [-0.3, -0.25) is 38.7 Å². The van der Waals surface area contributed by atoms with Gasteiger partial charge in [-0.05, 0) is 36.8 Å². The van der Waals surface area contributed by atoms with Crippen LogP contribution in [-0.2, 0) is 28.7 Å². The molecule has 2 fully saturated rings. The van der Waals surface area contributed by atoms with E-state index in [-0.39, 0.29) is 74.5 Å². The molecule has 2 aliphatic rings. The maximum Gasteiger partial charge on any atom is 0.414 e. The van der Waals surface area contributed by atoms with Crippen LogP contribution < -0.4 is 21.3 Å². The van der Waals surface area contributed by atoms with Crippen LogP contribution in [0.5, 0.6) is 0 Å². The van der Waals surface area contributed by atoms with Crippen LogP contribution in [-0.4, -0.2) is 104 Å². The number of benzene rings is 1. The number of thiophene rings is 1. The third-order valence-electron chi connectivity index (χ3n) is 6.83. The van der Waals surface area contributed by atoms with Gasteiger partial charge in [-0.15, -0.1) is 23.7 Å². The molecule has 2 aromatic rings. The zero-order valence-corrected chi connectivity index (χ0v) is 26.2. The van der Waals surface area contributed by atoms with Crippen LogP contribution in [0.2, 0.25) is 4.34 Å². The number of nitrogens with two attached hydrogens (primary N) is 2. The van der Waals surface area contributed by atoms with E-state index in [1.807, 2.05) is 0 Å². The largest absolute Gasteiger partial charge is 0.442 e. The molecule has 0 saturated carbocycles. The lowest BCUT2D eigenvalue weighted by Gasteiger charge is -2.27. The molecule has 45 heavy (non-hydrogen) atoms. The number of hydrogen-bond donors (Lipinski definition) is 2. The fraction of sp³-hybridized carbons (Fsp3) is 0.407. The van der Waals surface area contributed by atoms with Crippen molar-refractivity contribution in [3.8, 4) is 0 Å². The van der Waals surface area contributed by atoms with Crippen molar-refractivity contribution in [3.05, 3.63) is 45.4 Å². The van der Waals surface area contributed by atoms with Crippen molar-refractivity contribution in [2.45, 2.75) is 18.9 Å². The first kappa shape index (κ1) is 35.8. The average molecular weight is 690 g/mol. The standard InChI is InChI=1S/C27H30ClFN6O8S.ClH/c28-21-6-5-20(44-21)26(40)35(22(36)2-1-7-33(23(37)11-30)24(38)12-31)14-17-13-34(27(41)43-17)19-4-3-16(10-18(19)29)32-8-9-42-15-25(32)39;/h3-6,10,17H,1-2,7-9,11-15,30-31H2;1H/t17-;/m1./s1. The number of carbonyl (C=O) groups excluding carboxylic acids is 6. The molecule has 2 aliphatic heterocycles. The Bertz CT molecular complexity index is 1450. The number of morpholine rings is 1. The number of cyclic esters (lactones) is 1. The molecule has 6 amide bonds. The summed E-state index contributed by atoms with van der Waals surface area (Å²) in [4.78, 5) is 79.9. The van der Waals surface area contributed by atoms with Gasteiger partial charge in [-0.25, -0.2) is 9.18 Å². The van der Waals surface area contributed by atoms with Gasteiger partial charge >= 0.3 is 6.09 Å². The van der Waals surface area contributed by atoms with Gasteiger partial charge in [0.25, 0.3) is 11.8 Å². The van der Waals surface area contributed by atoms with Gasteiger partial charge in [0.15, 0.2) is 0 Å². The van der Waals surface area contributed by atoms with Crippen LogP contribution in [0.4, 0.5) is 20.6 Å². The van der Waals surface area contributed by atoms with Gasteiger partial charge in [0.2, 0.25) is 17.7 Å². The second-order valence-electron chi connectivity index (χ2n) is 9.71. The predicted octanol–water partition coefficient (Wildman–Crippen LogP) is 1.37. The van der Waals surface area contributed by atoms with Crippen molar-refractivity contribution in [3.63, 3.8) is 0 Å². The summed E-state index contributed by atoms with van der Waals surface area (Å²) in [6.45, 7) is -1.11. The minimum atomic E-state index is -1.01. The topological polar surface area (TPSA) is 186 Å². The molecular formula is C27H31Cl2FN6O8S. The number of nitrogens with zero attached hydrogens (tertiary/aromatic N) is 4. The van der Waals surface area contributed by atoms with Gasteiger partial charge in [0.05, 0.1) is 47.7 Å². The van der Waals surface area contributed by atoms with E-state index in [2.05, 4.69) is 0 Å². The molecule has 244 valence electrons. The molecule has 3 heterocycles. The van der Waals surface area contributed by atoms with E-state index in [1.165, 1.54) is 29.2 Å². The Morgan fingerprint density at radius 3 is 2.33 bits per heavy atom. The highest BCUT2D eigenvalue weighted by atomic mass is 35.5. The van der Waals surface area contributed by atoms with Crippen molar-refractivity contribution in [2.75, 3.05) is 62.3 Å². The zero-order chi connectivity index (χ0) is 32.0. The van der Waals surface area contributed by atoms with Crippen LogP contribution in [0.1, 0.15) is 22.5 Å². The monoisotopic (exact) mass is 688 g/mol. The molecule has 18 heteroatoms. The van der Waals surface area contributed by atoms with Crippen molar-refractivity contribution in [1.29, 1.82) is 0 Å². The Balaban J connectivity index is 0.00000552. The predicted molar refractivity (Wildman–Crippen MR) is 164 cm³/mol. The summed E-state index contributed by atoms with van der Waals surface area (Å²) in [6, 6.07) is 6.91. The molecule has 0 bridgehead atoms. The minimum Gasteiger partial charge on any atom is -0.442 e. The molecular weight excluding hydrogens is 658 g/mol. The second-order valence-corrected chi connectivity index (χ2v) is 11.4. The van der Waals surface area contributed by atoms with Crippen LogP contribution in [0.3, 0.4) is 0 Å². The quantitative estimate of drug-likeness (QED) is 0.349. The number of rotatable bonds is 11. The molecule has 1 atom stereocenters. The van der Waals surface area contributed by atoms with Crippen LogP contribution >= 0.6 is 35.3 Å². The van der Waals surface area contributed by atoms with Crippen molar-refractivity contribution in [2.24, 2.45) is 11.5 Å². The third kappa shape index (κ3) is 8.53. The smallest absolute Gasteiger partial charge is 0.414 e. The second kappa shape index (κ2) is 16.1. The van der Waals surface area contributed by atoms with E-state index in [0.717, 1.165) is 32.1 Å². The number of hydrogen-bond acceptors (Lipinski definition) is 11. The summed E-state index contributed by atoms with van der Waals surface area (Å²) in [5.41, 5.74) is 10.9. The first-order valence-corrected chi connectivity index (χ1v) is 14.7. The average Bonchev–Trinajstić information content (AvgIpc) is 3.61. The summed E-state index contributed by atoms with van der Waals surface area (Å²) < 4.78 is 26.0. The van der Waals surface area contributed by atoms with Gasteiger partial charge in [0, 0.05) is 25.2 Å². The van der Waals surface area contributed by atoms with E-state index in [1.54, 1.807) is 0 Å². The third-order valence-corrected chi connectivity index (χ3v) is 8.05. The number of anilines is 2. The summed E-state index contributed by atoms with van der Waals surface area (Å²) in [5, 5.41) is 0. The molecule has 0 aliphatic carbocycles. The number of halogens is 3. The fourth-order valence-electron chi connectivity index (χ4n) is 4.68. The van der Waals surface area contributed by atoms with Crippen molar-refractivity contribution < 1.29 is 42.6 Å². The lowest BCUT2D eigenvalue weighted by molar-refractivity contribution is -0.143. The Morgan fingerprint density at radius 1 is 1.02 bits per heavy atom. The van der Waals surface area contributed by atoms with E-state index >= 15 is 4.39 Å². The highest BCUT2D eigenvalue weighted by Gasteiger charge is 2.38. The fourth-order valence-corrected chi connectivity index (χ4v) is 5.68. The van der Waals surface area contributed by atoms with Gasteiger partial charge in [-0.1, -0.05) is 11.6 Å². The van der Waals surface area contributed by atoms with Gasteiger partial charge < -0.3 is 25.8 Å². The van der Waals surface area contributed by atoms with Gasteiger partial charge in [0.1, 0.15) is 18.5 Å². The summed E-state index contributed by atoms with van der Waals surface area (Å²) in [7, 11) is 0. The number of imide groups is 2. The molecule has 4 N–H and O–H groups in total. The first-order chi connectivity index (χ1) is 21.0. The normalized spacial score (nSPS) is 16.2. The highest BCUT2D eigenvalue weighted by molar-refractivity contribution is 7.18. The molecule has 0 radical (unpaired) electrons. The minimum absolute atomic E-state index is 0. The van der Waals surface area contributed by atoms with E-state index < -0.39 is 54.7 Å². The number of ether oxygens (including phenoxy) is 2. The Labute approximate surface area is 272 Å². The summed E-state index contributed by atoms with van der Waals surface area (Å²) in [6.07, 6.45) is -2.15. The highest BCUT2D eigenvalue weighted by Crippen LogP contribution is 2.30. The Kier molecular flexibility index (Phi) is 12.8. The SMILES string of the molecule is Cl.NCC(=O)N(CCCC(=O)N(C[C@H]1CN(c2ccc(N3CCOCC3=O)cc2F)C(=O)O1)C(=O)c1ccc(Cl)s1)C(=O)CN. The lowest BCUT2D eigenvalue weighted by Crippen LogP contribution is -2.45. The Morgan fingerprint density at radius 2 is 1.73 bits per heavy atom. The van der Waals surface area contributed by atoms with E-state index in [4.69, 9.17) is 32.5 Å². The van der Waals surface area contributed by atoms with Crippen LogP contribution in [0, 0.1) is 5.82 Å². The van der Waals surface area contributed by atoms with Crippen LogP contribution in [0.15, 0.2) is 30.3 Å². The van der Waals surface area contributed by atoms with Gasteiger partial charge in [-0.2, -0.15) is 0 Å². The molecule has 0 unspecified atom stereocenters. The number of amides is 6. The maximum atomic E-state index is 15.2. The molecule has 0 spiro atoms. The lowest BCUT2D eigenvalue weighted by atomic mass is 10.2. The molecule has 1 aromatic heterocycles. The molecule has 2 saturated heterocycles. The van der Waals surface area contributed by atoms with Crippen molar-refractivity contribution in [1.82, 2.24) is 9.80 Å². The Hall–Kier alpha value is -3.67. The van der Waals surface area contributed by atoms with E-state index in [0.29, 0.717) is 16.6 Å². The maximum absolute atomic E-state index is 15.2. The van der Waals surface area contributed by atoms with E-state index in [9.17, 15) is 28.8 Å². The van der Waals surface area contributed by atoms with Crippen molar-refractivity contribution >= 4 is 82.3 Å². The first-order valence-electron chi connectivity index (χ1n) is 13.5. The summed E-state index contributed by atoms with van der Waals surface area (Å²) in [5.74, 6) is -3.79. The molecule has 1 aromatic carbocycles.